The van der Waals surface area contributed by atoms with Gasteiger partial charge in [0, 0.05) is 6.54 Å². The molecule has 1 atom stereocenters. The lowest BCUT2D eigenvalue weighted by Crippen LogP contribution is -2.34. The number of rotatable bonds is 4. The van der Waals surface area contributed by atoms with Crippen LogP contribution in [0.15, 0.2) is 0 Å². The van der Waals surface area contributed by atoms with Gasteiger partial charge in [0.05, 0.1) is 5.75 Å². The van der Waals surface area contributed by atoms with Crippen LogP contribution in [0.1, 0.15) is 26.2 Å². The van der Waals surface area contributed by atoms with E-state index in [9.17, 15) is 8.42 Å². The maximum Gasteiger partial charge on any atom is 0.211 e. The van der Waals surface area contributed by atoms with Crippen LogP contribution >= 0.6 is 0 Å². The molecule has 4 nitrogen and oxygen atoms in total. The van der Waals surface area contributed by atoms with Gasteiger partial charge in [-0.1, -0.05) is 6.42 Å². The third-order valence-electron chi connectivity index (χ3n) is 2.62. The van der Waals surface area contributed by atoms with E-state index in [2.05, 4.69) is 10.0 Å². The molecule has 0 aromatic rings. The van der Waals surface area contributed by atoms with Gasteiger partial charge in [-0.25, -0.2) is 13.1 Å². The van der Waals surface area contributed by atoms with Gasteiger partial charge in [0.15, 0.2) is 0 Å². The van der Waals surface area contributed by atoms with Gasteiger partial charge in [-0.3, -0.25) is 0 Å². The van der Waals surface area contributed by atoms with Crippen molar-refractivity contribution in [2.24, 2.45) is 5.92 Å². The highest BCUT2D eigenvalue weighted by atomic mass is 32.2. The fourth-order valence-electron chi connectivity index (χ4n) is 1.61. The van der Waals surface area contributed by atoms with Gasteiger partial charge in [0.25, 0.3) is 0 Å². The summed E-state index contributed by atoms with van der Waals surface area (Å²) in [5, 5.41) is 3.32. The first-order valence-corrected chi connectivity index (χ1v) is 6.97. The molecule has 0 saturated carbocycles. The summed E-state index contributed by atoms with van der Waals surface area (Å²) in [7, 11) is -3.01. The van der Waals surface area contributed by atoms with Crippen molar-refractivity contribution in [1.29, 1.82) is 0 Å². The molecule has 1 heterocycles. The molecule has 0 aromatic heterocycles. The monoisotopic (exact) mass is 220 g/mol. The van der Waals surface area contributed by atoms with Crippen LogP contribution in [0.25, 0.3) is 0 Å². The molecule has 1 unspecified atom stereocenters. The summed E-state index contributed by atoms with van der Waals surface area (Å²) in [6, 6.07) is 0. The topological polar surface area (TPSA) is 58.2 Å². The van der Waals surface area contributed by atoms with E-state index >= 15 is 0 Å². The Morgan fingerprint density at radius 2 is 2.21 bits per heavy atom. The Balaban J connectivity index is 2.29. The normalized spacial score (nSPS) is 24.5. The first-order chi connectivity index (χ1) is 6.64. The zero-order valence-electron chi connectivity index (χ0n) is 8.75. The molecule has 1 saturated heterocycles. The maximum absolute atomic E-state index is 11.2. The average Bonchev–Trinajstić information content (AvgIpc) is 2.43. The lowest BCUT2D eigenvalue weighted by molar-refractivity contribution is 0.468. The molecule has 0 radical (unpaired) electrons. The Labute approximate surface area is 86.5 Å². The minimum absolute atomic E-state index is 0.174. The van der Waals surface area contributed by atoms with Gasteiger partial charge in [-0.05, 0) is 38.8 Å². The van der Waals surface area contributed by atoms with Crippen molar-refractivity contribution in [3.05, 3.63) is 0 Å². The van der Waals surface area contributed by atoms with Crippen LogP contribution in [0.2, 0.25) is 0 Å². The van der Waals surface area contributed by atoms with Crippen LogP contribution in [0.3, 0.4) is 0 Å². The molecule has 84 valence electrons. The fraction of sp³-hybridized carbons (Fsp3) is 1.00. The van der Waals surface area contributed by atoms with Gasteiger partial charge in [-0.15, -0.1) is 0 Å². The molecule has 0 amide bonds. The molecule has 0 bridgehead atoms. The highest BCUT2D eigenvalue weighted by Gasteiger charge is 2.14. The van der Waals surface area contributed by atoms with Crippen molar-refractivity contribution >= 4 is 10.0 Å². The third kappa shape index (κ3) is 4.39. The minimum atomic E-state index is -3.01. The Bertz CT molecular complexity index is 244. The summed E-state index contributed by atoms with van der Waals surface area (Å²) in [6.45, 7) is 4.25. The SMILES string of the molecule is CCS(=O)(=O)NCC1CCCCNC1. The number of sulfonamides is 1. The zero-order chi connectivity index (χ0) is 10.4. The summed E-state index contributed by atoms with van der Waals surface area (Å²) < 4.78 is 25.0. The molecular formula is C9H20N2O2S. The van der Waals surface area contributed by atoms with Crippen molar-refractivity contribution in [2.75, 3.05) is 25.4 Å². The lowest BCUT2D eigenvalue weighted by Gasteiger charge is -2.14. The predicted molar refractivity (Wildman–Crippen MR) is 57.7 cm³/mol. The van der Waals surface area contributed by atoms with Crippen molar-refractivity contribution in [3.8, 4) is 0 Å². The Morgan fingerprint density at radius 1 is 1.43 bits per heavy atom. The molecule has 0 aliphatic carbocycles. The highest BCUT2D eigenvalue weighted by molar-refractivity contribution is 7.89. The predicted octanol–water partition coefficient (Wildman–Crippen LogP) is 0.315. The van der Waals surface area contributed by atoms with Crippen molar-refractivity contribution in [1.82, 2.24) is 10.0 Å². The second-order valence-electron chi connectivity index (χ2n) is 3.82. The fourth-order valence-corrected chi connectivity index (χ4v) is 2.31. The molecule has 2 N–H and O–H groups in total. The standard InChI is InChI=1S/C9H20N2O2S/c1-2-14(12,13)11-8-9-5-3-4-6-10-7-9/h9-11H,2-8H2,1H3. The molecule has 5 heteroatoms. The van der Waals surface area contributed by atoms with Gasteiger partial charge >= 0.3 is 0 Å². The van der Waals surface area contributed by atoms with E-state index < -0.39 is 10.0 Å². The molecule has 0 aromatic carbocycles. The van der Waals surface area contributed by atoms with E-state index in [4.69, 9.17) is 0 Å². The van der Waals surface area contributed by atoms with E-state index in [0.29, 0.717) is 12.5 Å². The Morgan fingerprint density at radius 3 is 2.93 bits per heavy atom. The van der Waals surface area contributed by atoms with E-state index in [1.54, 1.807) is 6.92 Å². The number of nitrogens with one attached hydrogen (secondary N) is 2. The molecule has 1 rings (SSSR count). The van der Waals surface area contributed by atoms with E-state index in [1.165, 1.54) is 12.8 Å². The Hall–Kier alpha value is -0.130. The molecule has 14 heavy (non-hydrogen) atoms. The first-order valence-electron chi connectivity index (χ1n) is 5.32. The van der Waals surface area contributed by atoms with E-state index in [-0.39, 0.29) is 5.75 Å². The molecule has 0 spiro atoms. The zero-order valence-corrected chi connectivity index (χ0v) is 9.57. The first kappa shape index (κ1) is 11.9. The Kier molecular flexibility index (Phi) is 4.84. The van der Waals surface area contributed by atoms with Gasteiger partial charge < -0.3 is 5.32 Å². The summed E-state index contributed by atoms with van der Waals surface area (Å²) in [6.07, 6.45) is 3.53. The van der Waals surface area contributed by atoms with Gasteiger partial charge in [0.2, 0.25) is 10.0 Å². The second kappa shape index (κ2) is 5.68. The summed E-state index contributed by atoms with van der Waals surface area (Å²) in [4.78, 5) is 0. The van der Waals surface area contributed by atoms with Crippen LogP contribution < -0.4 is 10.0 Å². The van der Waals surface area contributed by atoms with Crippen molar-refractivity contribution in [2.45, 2.75) is 26.2 Å². The minimum Gasteiger partial charge on any atom is -0.316 e. The summed E-state index contributed by atoms with van der Waals surface area (Å²) in [5.41, 5.74) is 0. The average molecular weight is 220 g/mol. The quantitative estimate of drug-likeness (QED) is 0.717. The molecule has 1 fully saturated rings. The van der Waals surface area contributed by atoms with Crippen LogP contribution in [0, 0.1) is 5.92 Å². The van der Waals surface area contributed by atoms with Crippen LogP contribution in [0.4, 0.5) is 0 Å². The van der Waals surface area contributed by atoms with Crippen molar-refractivity contribution < 1.29 is 8.42 Å². The van der Waals surface area contributed by atoms with Crippen LogP contribution in [-0.4, -0.2) is 33.8 Å². The number of hydrogen-bond donors (Lipinski definition) is 2. The van der Waals surface area contributed by atoms with Crippen LogP contribution in [0.5, 0.6) is 0 Å². The molecular weight excluding hydrogens is 200 g/mol. The van der Waals surface area contributed by atoms with Crippen molar-refractivity contribution in [3.63, 3.8) is 0 Å². The maximum atomic E-state index is 11.2. The molecule has 1 aliphatic heterocycles. The van der Waals surface area contributed by atoms with E-state index in [1.807, 2.05) is 0 Å². The summed E-state index contributed by atoms with van der Waals surface area (Å²) >= 11 is 0. The van der Waals surface area contributed by atoms with Crippen LogP contribution in [-0.2, 0) is 10.0 Å². The molecule has 1 aliphatic rings. The van der Waals surface area contributed by atoms with E-state index in [0.717, 1.165) is 19.5 Å². The van der Waals surface area contributed by atoms with Gasteiger partial charge in [0.1, 0.15) is 0 Å². The number of hydrogen-bond acceptors (Lipinski definition) is 3. The largest absolute Gasteiger partial charge is 0.316 e. The summed E-state index contributed by atoms with van der Waals surface area (Å²) in [5.74, 6) is 0.631. The lowest BCUT2D eigenvalue weighted by atomic mass is 10.0. The highest BCUT2D eigenvalue weighted by Crippen LogP contribution is 2.10. The third-order valence-corrected chi connectivity index (χ3v) is 3.99. The van der Waals surface area contributed by atoms with Gasteiger partial charge in [-0.2, -0.15) is 0 Å². The second-order valence-corrected chi connectivity index (χ2v) is 5.91. The smallest absolute Gasteiger partial charge is 0.211 e.